The number of nitrogens with one attached hydrogen (secondary N) is 2. The third-order valence-electron chi connectivity index (χ3n) is 2.02. The lowest BCUT2D eigenvalue weighted by molar-refractivity contribution is -0.136. The van der Waals surface area contributed by atoms with Crippen LogP contribution in [0.3, 0.4) is 0 Å². The minimum absolute atomic E-state index is 0.0633. The van der Waals surface area contributed by atoms with Gasteiger partial charge in [-0.15, -0.1) is 11.8 Å². The minimum Gasteiger partial charge on any atom is -0.481 e. The van der Waals surface area contributed by atoms with Crippen molar-refractivity contribution in [3.63, 3.8) is 0 Å². The second-order valence-electron chi connectivity index (χ2n) is 3.49. The smallest absolute Gasteiger partial charge is 0.314 e. The number of carboxylic acid groups (broad SMARTS) is 1. The summed E-state index contributed by atoms with van der Waals surface area (Å²) in [4.78, 5) is 22.6. The van der Waals surface area contributed by atoms with Crippen LogP contribution in [0.15, 0.2) is 35.2 Å². The first-order valence-corrected chi connectivity index (χ1v) is 6.58. The van der Waals surface area contributed by atoms with Crippen molar-refractivity contribution in [3.05, 3.63) is 30.3 Å². The molecule has 0 radical (unpaired) electrons. The number of benzene rings is 1. The van der Waals surface area contributed by atoms with E-state index in [1.54, 1.807) is 11.8 Å². The van der Waals surface area contributed by atoms with E-state index in [-0.39, 0.29) is 19.0 Å². The number of hydrogen-bond donors (Lipinski definition) is 3. The van der Waals surface area contributed by atoms with E-state index in [1.807, 2.05) is 30.3 Å². The number of amides is 2. The van der Waals surface area contributed by atoms with Gasteiger partial charge in [-0.05, 0) is 12.1 Å². The molecule has 0 aliphatic rings. The van der Waals surface area contributed by atoms with Crippen LogP contribution >= 0.6 is 11.8 Å². The molecule has 0 saturated carbocycles. The number of hydrogen-bond acceptors (Lipinski definition) is 3. The van der Waals surface area contributed by atoms with Crippen molar-refractivity contribution in [2.24, 2.45) is 0 Å². The van der Waals surface area contributed by atoms with Crippen LogP contribution in [-0.2, 0) is 4.79 Å². The largest absolute Gasteiger partial charge is 0.481 e. The van der Waals surface area contributed by atoms with Gasteiger partial charge in [0.2, 0.25) is 0 Å². The van der Waals surface area contributed by atoms with Crippen molar-refractivity contribution < 1.29 is 14.7 Å². The highest BCUT2D eigenvalue weighted by molar-refractivity contribution is 7.99. The summed E-state index contributed by atoms with van der Waals surface area (Å²) in [6.07, 6.45) is -0.0633. The van der Waals surface area contributed by atoms with Gasteiger partial charge in [-0.2, -0.15) is 0 Å². The lowest BCUT2D eigenvalue weighted by Gasteiger charge is -2.06. The zero-order valence-corrected chi connectivity index (χ0v) is 10.7. The van der Waals surface area contributed by atoms with Gasteiger partial charge in [-0.3, -0.25) is 4.79 Å². The summed E-state index contributed by atoms with van der Waals surface area (Å²) >= 11 is 1.65. The summed E-state index contributed by atoms with van der Waals surface area (Å²) < 4.78 is 0. The van der Waals surface area contributed by atoms with Crippen LogP contribution in [0.4, 0.5) is 4.79 Å². The highest BCUT2D eigenvalue weighted by Crippen LogP contribution is 2.15. The van der Waals surface area contributed by atoms with Gasteiger partial charge in [-0.25, -0.2) is 4.79 Å². The molecular formula is C12H16N2O3S. The van der Waals surface area contributed by atoms with Gasteiger partial charge >= 0.3 is 12.0 Å². The normalized spacial score (nSPS) is 9.78. The quantitative estimate of drug-likeness (QED) is 0.518. The first kappa shape index (κ1) is 14.4. The Morgan fingerprint density at radius 3 is 2.44 bits per heavy atom. The van der Waals surface area contributed by atoms with Crippen molar-refractivity contribution in [1.82, 2.24) is 10.6 Å². The zero-order valence-electron chi connectivity index (χ0n) is 9.89. The highest BCUT2D eigenvalue weighted by atomic mass is 32.2. The summed E-state index contributed by atoms with van der Waals surface area (Å²) in [5, 5.41) is 13.5. The summed E-state index contributed by atoms with van der Waals surface area (Å²) in [6, 6.07) is 9.58. The van der Waals surface area contributed by atoms with Crippen LogP contribution < -0.4 is 10.6 Å². The Balaban J connectivity index is 2.04. The van der Waals surface area contributed by atoms with E-state index in [2.05, 4.69) is 10.6 Å². The van der Waals surface area contributed by atoms with E-state index in [0.717, 1.165) is 10.6 Å². The molecule has 2 amide bonds. The second kappa shape index (κ2) is 8.41. The monoisotopic (exact) mass is 268 g/mol. The highest BCUT2D eigenvalue weighted by Gasteiger charge is 2.01. The molecule has 1 rings (SSSR count). The number of rotatable bonds is 7. The van der Waals surface area contributed by atoms with Gasteiger partial charge in [0.05, 0.1) is 6.42 Å². The summed E-state index contributed by atoms with van der Waals surface area (Å²) in [6.45, 7) is 0.686. The number of thioether (sulfide) groups is 1. The second-order valence-corrected chi connectivity index (χ2v) is 4.66. The number of carboxylic acids is 1. The predicted octanol–water partition coefficient (Wildman–Crippen LogP) is 1.55. The average molecular weight is 268 g/mol. The first-order valence-electron chi connectivity index (χ1n) is 5.60. The molecule has 0 unspecified atom stereocenters. The van der Waals surface area contributed by atoms with Gasteiger partial charge in [0.25, 0.3) is 0 Å². The van der Waals surface area contributed by atoms with Crippen LogP contribution in [0.5, 0.6) is 0 Å². The molecule has 1 aromatic carbocycles. The molecule has 0 atom stereocenters. The Hall–Kier alpha value is -1.69. The third kappa shape index (κ3) is 6.80. The summed E-state index contributed by atoms with van der Waals surface area (Å²) in [5.41, 5.74) is 0. The predicted molar refractivity (Wildman–Crippen MR) is 70.8 cm³/mol. The summed E-state index contributed by atoms with van der Waals surface area (Å²) in [5.74, 6) is -0.147. The van der Waals surface area contributed by atoms with E-state index < -0.39 is 5.97 Å². The van der Waals surface area contributed by atoms with Crippen LogP contribution in [0, 0.1) is 0 Å². The van der Waals surface area contributed by atoms with Crippen LogP contribution in [-0.4, -0.2) is 35.9 Å². The maximum Gasteiger partial charge on any atom is 0.314 e. The number of aliphatic carboxylic acids is 1. The Morgan fingerprint density at radius 2 is 1.78 bits per heavy atom. The SMILES string of the molecule is O=C(O)CCNC(=O)NCCSc1ccccc1. The topological polar surface area (TPSA) is 78.4 Å². The molecule has 0 heterocycles. The van der Waals surface area contributed by atoms with Crippen molar-refractivity contribution in [2.45, 2.75) is 11.3 Å². The fourth-order valence-electron chi connectivity index (χ4n) is 1.20. The van der Waals surface area contributed by atoms with Gasteiger partial charge in [-0.1, -0.05) is 18.2 Å². The van der Waals surface area contributed by atoms with Crippen LogP contribution in [0.2, 0.25) is 0 Å². The van der Waals surface area contributed by atoms with E-state index >= 15 is 0 Å². The number of urea groups is 1. The van der Waals surface area contributed by atoms with E-state index in [0.29, 0.717) is 6.54 Å². The fourth-order valence-corrected chi connectivity index (χ4v) is 1.99. The van der Waals surface area contributed by atoms with Gasteiger partial charge in [0.15, 0.2) is 0 Å². The number of carbonyl (C=O) groups excluding carboxylic acids is 1. The molecule has 98 valence electrons. The Bertz CT molecular complexity index is 384. The van der Waals surface area contributed by atoms with E-state index in [4.69, 9.17) is 5.11 Å². The zero-order chi connectivity index (χ0) is 13.2. The van der Waals surface area contributed by atoms with E-state index in [9.17, 15) is 9.59 Å². The lowest BCUT2D eigenvalue weighted by Crippen LogP contribution is -2.37. The third-order valence-corrected chi connectivity index (χ3v) is 3.04. The Kier molecular flexibility index (Phi) is 6.71. The average Bonchev–Trinajstić information content (AvgIpc) is 2.35. The standard InChI is InChI=1S/C12H16N2O3S/c15-11(16)6-7-13-12(17)14-8-9-18-10-4-2-1-3-5-10/h1-5H,6-9H2,(H,15,16)(H2,13,14,17). The Morgan fingerprint density at radius 1 is 1.11 bits per heavy atom. The van der Waals surface area contributed by atoms with Crippen molar-refractivity contribution >= 4 is 23.8 Å². The molecule has 0 fully saturated rings. The van der Waals surface area contributed by atoms with Gasteiger partial charge in [0.1, 0.15) is 0 Å². The molecule has 0 spiro atoms. The number of carbonyl (C=O) groups is 2. The van der Waals surface area contributed by atoms with Crippen LogP contribution in [0.25, 0.3) is 0 Å². The molecule has 5 nitrogen and oxygen atoms in total. The summed E-state index contributed by atoms with van der Waals surface area (Å²) in [7, 11) is 0. The molecular weight excluding hydrogens is 252 g/mol. The Labute approximate surface area is 110 Å². The molecule has 6 heteroatoms. The maximum absolute atomic E-state index is 11.2. The molecule has 0 bridgehead atoms. The maximum atomic E-state index is 11.2. The molecule has 0 saturated heterocycles. The molecule has 1 aromatic rings. The molecule has 18 heavy (non-hydrogen) atoms. The molecule has 0 aliphatic heterocycles. The van der Waals surface area contributed by atoms with Crippen molar-refractivity contribution in [2.75, 3.05) is 18.8 Å². The molecule has 0 aromatic heterocycles. The first-order chi connectivity index (χ1) is 8.68. The van der Waals surface area contributed by atoms with Crippen LogP contribution in [0.1, 0.15) is 6.42 Å². The fraction of sp³-hybridized carbons (Fsp3) is 0.333. The lowest BCUT2D eigenvalue weighted by atomic mass is 10.4. The minimum atomic E-state index is -0.921. The van der Waals surface area contributed by atoms with Crippen molar-refractivity contribution in [3.8, 4) is 0 Å². The molecule has 3 N–H and O–H groups in total. The van der Waals surface area contributed by atoms with Gasteiger partial charge < -0.3 is 15.7 Å². The van der Waals surface area contributed by atoms with E-state index in [1.165, 1.54) is 0 Å². The molecule has 0 aliphatic carbocycles. The van der Waals surface area contributed by atoms with Crippen molar-refractivity contribution in [1.29, 1.82) is 0 Å². The van der Waals surface area contributed by atoms with Gasteiger partial charge in [0, 0.05) is 23.7 Å².